The molecule has 1 aliphatic heterocycles. The minimum atomic E-state index is 0.873. The molecule has 2 aromatic rings. The van der Waals surface area contributed by atoms with E-state index in [9.17, 15) is 5.84 Å². The Morgan fingerprint density at radius 3 is 1.48 bits per heavy atom. The van der Waals surface area contributed by atoms with Crippen LogP contribution >= 0.6 is 0 Å². The van der Waals surface area contributed by atoms with Crippen LogP contribution in [-0.4, -0.2) is 10.4 Å². The number of nitrogens with zero attached hydrogens (tertiary/aromatic N) is 1. The van der Waals surface area contributed by atoms with Crippen LogP contribution < -0.4 is 0 Å². The maximum Gasteiger partial charge on any atom is 0.225 e. The summed E-state index contributed by atoms with van der Waals surface area (Å²) in [7, 11) is 0. The first-order chi connectivity index (χ1) is 21.5. The largest absolute Gasteiger partial charge is 0.448 e. The second-order valence-corrected chi connectivity index (χ2v) is 12.7. The lowest BCUT2D eigenvalue weighted by Crippen LogP contribution is -2.13. The Morgan fingerprint density at radius 2 is 1.05 bits per heavy atom. The van der Waals surface area contributed by atoms with Gasteiger partial charge in [-0.25, -0.2) is 4.68 Å². The Balaban J connectivity index is 2.32. The third-order valence-corrected chi connectivity index (χ3v) is 8.63. The van der Waals surface area contributed by atoms with Crippen molar-refractivity contribution in [1.82, 2.24) is 0 Å². The van der Waals surface area contributed by atoms with E-state index in [1.165, 1.54) is 79.2 Å². The molecule has 0 atom stereocenters. The van der Waals surface area contributed by atoms with Crippen LogP contribution in [0.25, 0.3) is 11.5 Å². The summed E-state index contributed by atoms with van der Waals surface area (Å²) in [5.41, 5.74) is 12.1. The van der Waals surface area contributed by atoms with Gasteiger partial charge in [-0.3, -0.25) is 0 Å². The van der Waals surface area contributed by atoms with Gasteiger partial charge >= 0.3 is 0 Å². The molecule has 2 aromatic carbocycles. The smallest absolute Gasteiger partial charge is 0.225 e. The van der Waals surface area contributed by atoms with E-state index < -0.39 is 0 Å². The van der Waals surface area contributed by atoms with Crippen LogP contribution in [0.2, 0.25) is 0 Å². The van der Waals surface area contributed by atoms with Crippen molar-refractivity contribution >= 4 is 11.4 Å². The van der Waals surface area contributed by atoms with Crippen LogP contribution in [0.5, 0.6) is 0 Å². The topological polar surface area (TPSA) is 26.8 Å². The standard InChI is InChI=1S/C42H60N2/c1-7-13-19-25-39-40(26-20-14-8-2)42(38-31-35(23-17-11-5)28-36(32-38)24-18-12-6)44(43)41(39)37-29-33(21-15-9-3)27-34(30-37)22-16-10-4/h25,27-32,43H,7-19,21-24H2,1-6H3. The van der Waals surface area contributed by atoms with Gasteiger partial charge in [-0.2, -0.15) is 0 Å². The van der Waals surface area contributed by atoms with E-state index in [1.807, 2.05) is 0 Å². The highest BCUT2D eigenvalue weighted by Gasteiger charge is 2.35. The van der Waals surface area contributed by atoms with Crippen molar-refractivity contribution in [2.24, 2.45) is 0 Å². The van der Waals surface area contributed by atoms with E-state index in [-0.39, 0.29) is 0 Å². The van der Waals surface area contributed by atoms with Gasteiger partial charge in [0.2, 0.25) is 11.4 Å². The molecule has 238 valence electrons. The maximum absolute atomic E-state index is 9.81. The van der Waals surface area contributed by atoms with E-state index in [2.05, 4.69) is 95.9 Å². The van der Waals surface area contributed by atoms with Crippen LogP contribution in [0.15, 0.2) is 53.6 Å². The molecule has 0 bridgehead atoms. The molecule has 1 aliphatic rings. The second-order valence-electron chi connectivity index (χ2n) is 12.7. The predicted octanol–water partition coefficient (Wildman–Crippen LogP) is 12.2. The molecule has 0 aliphatic carbocycles. The van der Waals surface area contributed by atoms with Gasteiger partial charge in [-0.1, -0.05) is 110 Å². The van der Waals surface area contributed by atoms with Crippen molar-refractivity contribution in [3.05, 3.63) is 92.8 Å². The molecule has 0 unspecified atom stereocenters. The Labute approximate surface area is 270 Å². The number of hydrogen-bond donors (Lipinski definition) is 0. The fourth-order valence-electron chi connectivity index (χ4n) is 6.10. The summed E-state index contributed by atoms with van der Waals surface area (Å²) in [6.45, 7) is 13.5. The van der Waals surface area contributed by atoms with Crippen LogP contribution in [0.1, 0.15) is 158 Å². The van der Waals surface area contributed by atoms with Gasteiger partial charge in [0.25, 0.3) is 0 Å². The molecule has 3 rings (SSSR count). The van der Waals surface area contributed by atoms with Crippen molar-refractivity contribution < 1.29 is 4.68 Å². The molecule has 0 saturated heterocycles. The number of allylic oxidation sites excluding steroid dienone is 3. The minimum Gasteiger partial charge on any atom is -0.448 e. The third-order valence-electron chi connectivity index (χ3n) is 8.63. The fourth-order valence-corrected chi connectivity index (χ4v) is 6.10. The SMILES string of the molecule is CCCC#CC1=C(c2cc(CCCC)cc(CCCC)c2)[N+]([NH-])=C(c2cc(CCCC)cc(CCCC)c2)C1=CCCCC. The second kappa shape index (κ2) is 19.4. The summed E-state index contributed by atoms with van der Waals surface area (Å²) in [4.78, 5) is 0. The van der Waals surface area contributed by atoms with Crippen molar-refractivity contribution in [2.75, 3.05) is 0 Å². The molecule has 2 heteroatoms. The number of aryl methyl sites for hydroxylation is 4. The number of benzene rings is 2. The first-order valence-electron chi connectivity index (χ1n) is 18.1. The molecule has 0 radical (unpaired) electrons. The number of unbranched alkanes of at least 4 members (excludes halogenated alkanes) is 7. The third kappa shape index (κ3) is 9.99. The highest BCUT2D eigenvalue weighted by atomic mass is 15.3. The highest BCUT2D eigenvalue weighted by molar-refractivity contribution is 6.17. The summed E-state index contributed by atoms with van der Waals surface area (Å²) in [6.07, 6.45) is 21.5. The van der Waals surface area contributed by atoms with Crippen molar-refractivity contribution in [3.8, 4) is 11.8 Å². The van der Waals surface area contributed by atoms with Gasteiger partial charge < -0.3 is 5.84 Å². The van der Waals surface area contributed by atoms with Gasteiger partial charge in [0.1, 0.15) is 5.57 Å². The Hall–Kier alpha value is -3.05. The summed E-state index contributed by atoms with van der Waals surface area (Å²) in [6, 6.07) is 14.3. The van der Waals surface area contributed by atoms with E-state index in [0.29, 0.717) is 0 Å². The summed E-state index contributed by atoms with van der Waals surface area (Å²) in [5, 5.41) is 0. The molecule has 0 spiro atoms. The van der Waals surface area contributed by atoms with E-state index >= 15 is 0 Å². The van der Waals surface area contributed by atoms with Crippen molar-refractivity contribution in [3.63, 3.8) is 0 Å². The molecule has 0 fully saturated rings. The lowest BCUT2D eigenvalue weighted by Gasteiger charge is -2.13. The molecule has 44 heavy (non-hydrogen) atoms. The zero-order valence-corrected chi connectivity index (χ0v) is 29.0. The number of hydrogen-bond acceptors (Lipinski definition) is 0. The zero-order chi connectivity index (χ0) is 31.7. The molecular weight excluding hydrogens is 532 g/mol. The van der Waals surface area contributed by atoms with E-state index in [4.69, 9.17) is 0 Å². The van der Waals surface area contributed by atoms with Crippen LogP contribution in [0.4, 0.5) is 0 Å². The van der Waals surface area contributed by atoms with Crippen molar-refractivity contribution in [2.45, 2.75) is 151 Å². The average molecular weight is 593 g/mol. The van der Waals surface area contributed by atoms with Gasteiger partial charge in [0, 0.05) is 17.5 Å². The molecule has 1 heterocycles. The lowest BCUT2D eigenvalue weighted by molar-refractivity contribution is -0.347. The average Bonchev–Trinajstić information content (AvgIpc) is 3.31. The monoisotopic (exact) mass is 592 g/mol. The minimum absolute atomic E-state index is 0.873. The molecular formula is C42H60N2. The maximum atomic E-state index is 9.81. The molecule has 0 amide bonds. The molecule has 2 nitrogen and oxygen atoms in total. The fraction of sp³-hybridized carbons (Fsp3) is 0.548. The summed E-state index contributed by atoms with van der Waals surface area (Å²) in [5.74, 6) is 16.9. The highest BCUT2D eigenvalue weighted by Crippen LogP contribution is 2.37. The Morgan fingerprint density at radius 1 is 0.591 bits per heavy atom. The van der Waals surface area contributed by atoms with Crippen molar-refractivity contribution in [1.29, 1.82) is 0 Å². The van der Waals surface area contributed by atoms with Crippen LogP contribution in [-0.2, 0) is 25.7 Å². The van der Waals surface area contributed by atoms with Gasteiger partial charge in [0.05, 0.1) is 5.57 Å². The summed E-state index contributed by atoms with van der Waals surface area (Å²) >= 11 is 0. The Bertz CT molecular complexity index is 1310. The van der Waals surface area contributed by atoms with Gasteiger partial charge in [-0.15, -0.1) is 0 Å². The van der Waals surface area contributed by atoms with Gasteiger partial charge in [-0.05, 0) is 111 Å². The van der Waals surface area contributed by atoms with E-state index in [1.54, 1.807) is 4.68 Å². The quantitative estimate of drug-likeness (QED) is 0.0935. The first kappa shape index (κ1) is 35.4. The number of rotatable bonds is 18. The summed E-state index contributed by atoms with van der Waals surface area (Å²) < 4.78 is 1.76. The van der Waals surface area contributed by atoms with Crippen LogP contribution in [0.3, 0.4) is 0 Å². The predicted molar refractivity (Wildman–Crippen MR) is 193 cm³/mol. The zero-order valence-electron chi connectivity index (χ0n) is 29.0. The van der Waals surface area contributed by atoms with Gasteiger partial charge in [0.15, 0.2) is 0 Å². The normalized spacial score (nSPS) is 14.1. The van der Waals surface area contributed by atoms with E-state index in [0.717, 1.165) is 85.9 Å². The Kier molecular flexibility index (Phi) is 15.6. The molecule has 0 aromatic heterocycles. The number of nitrogens with one attached hydrogen (secondary N) is 1. The van der Waals surface area contributed by atoms with Crippen LogP contribution in [0, 0.1) is 11.8 Å². The molecule has 1 N–H and O–H groups in total. The first-order valence-corrected chi connectivity index (χ1v) is 18.1. The molecule has 0 saturated carbocycles. The lowest BCUT2D eigenvalue weighted by atomic mass is 9.91.